The van der Waals surface area contributed by atoms with E-state index in [1.54, 1.807) is 20.1 Å². The Kier molecular flexibility index (Phi) is 6.12. The lowest BCUT2D eigenvalue weighted by molar-refractivity contribution is -0.150. The fraction of sp³-hybridized carbons (Fsp3) is 0.286. The van der Waals surface area contributed by atoms with Gasteiger partial charge in [0, 0.05) is 17.6 Å². The zero-order valence-corrected chi connectivity index (χ0v) is 17.5. The maximum atomic E-state index is 12.7. The van der Waals surface area contributed by atoms with Crippen LogP contribution in [0.15, 0.2) is 41.4 Å². The van der Waals surface area contributed by atoms with Gasteiger partial charge >= 0.3 is 5.97 Å². The normalized spacial score (nSPS) is 16.4. The summed E-state index contributed by atoms with van der Waals surface area (Å²) in [6, 6.07) is 8.58. The molecule has 0 aliphatic carbocycles. The zero-order chi connectivity index (χ0) is 21.1. The van der Waals surface area contributed by atoms with E-state index in [0.717, 1.165) is 39.4 Å². The SMILES string of the molecule is CCOC(=O)C(C)N1C(=O)S/C(=C\c2cc(C)n(-c3ccc(OC)cc3)c2)C1=O. The first-order valence-corrected chi connectivity index (χ1v) is 9.94. The van der Waals surface area contributed by atoms with E-state index < -0.39 is 23.2 Å². The molecule has 1 unspecified atom stereocenters. The predicted octanol–water partition coefficient (Wildman–Crippen LogP) is 3.78. The lowest BCUT2D eigenvalue weighted by atomic mass is 10.2. The summed E-state index contributed by atoms with van der Waals surface area (Å²) in [5, 5.41) is -0.479. The average molecular weight is 414 g/mol. The van der Waals surface area contributed by atoms with Crippen LogP contribution in [-0.2, 0) is 14.3 Å². The molecule has 1 aromatic carbocycles. The first kappa shape index (κ1) is 20.7. The van der Waals surface area contributed by atoms with E-state index in [0.29, 0.717) is 0 Å². The third kappa shape index (κ3) is 4.22. The van der Waals surface area contributed by atoms with Crippen molar-refractivity contribution < 1.29 is 23.9 Å². The van der Waals surface area contributed by atoms with E-state index in [4.69, 9.17) is 9.47 Å². The number of imide groups is 1. The number of nitrogens with zero attached hydrogens (tertiary/aromatic N) is 2. The molecule has 29 heavy (non-hydrogen) atoms. The summed E-state index contributed by atoms with van der Waals surface area (Å²) < 4.78 is 12.1. The van der Waals surface area contributed by atoms with Gasteiger partial charge in [-0.2, -0.15) is 0 Å². The van der Waals surface area contributed by atoms with Crippen molar-refractivity contribution in [3.63, 3.8) is 0 Å². The molecule has 0 saturated carbocycles. The molecule has 2 amide bonds. The van der Waals surface area contributed by atoms with E-state index in [1.807, 2.05) is 48.0 Å². The highest BCUT2D eigenvalue weighted by Crippen LogP contribution is 2.34. The van der Waals surface area contributed by atoms with Crippen molar-refractivity contribution in [3.05, 3.63) is 52.7 Å². The molecule has 0 N–H and O–H groups in total. The summed E-state index contributed by atoms with van der Waals surface area (Å²) in [6.45, 7) is 5.30. The molecule has 1 aromatic heterocycles. The molecule has 1 fully saturated rings. The van der Waals surface area contributed by atoms with Gasteiger partial charge in [-0.25, -0.2) is 4.79 Å². The van der Waals surface area contributed by atoms with E-state index in [1.165, 1.54) is 6.92 Å². The second-order valence-electron chi connectivity index (χ2n) is 6.46. The van der Waals surface area contributed by atoms with Gasteiger partial charge < -0.3 is 14.0 Å². The van der Waals surface area contributed by atoms with Gasteiger partial charge in [-0.1, -0.05) is 0 Å². The van der Waals surface area contributed by atoms with Crippen LogP contribution in [0.2, 0.25) is 0 Å². The van der Waals surface area contributed by atoms with Gasteiger partial charge in [0.05, 0.1) is 18.6 Å². The monoisotopic (exact) mass is 414 g/mol. The molecule has 7 nitrogen and oxygen atoms in total. The summed E-state index contributed by atoms with van der Waals surface area (Å²) in [7, 11) is 1.61. The van der Waals surface area contributed by atoms with Crippen molar-refractivity contribution in [2.24, 2.45) is 0 Å². The second-order valence-corrected chi connectivity index (χ2v) is 7.46. The molecule has 1 saturated heterocycles. The quantitative estimate of drug-likeness (QED) is 0.529. The maximum absolute atomic E-state index is 12.7. The number of esters is 1. The van der Waals surface area contributed by atoms with Crippen LogP contribution in [0.3, 0.4) is 0 Å². The smallest absolute Gasteiger partial charge is 0.329 e. The topological polar surface area (TPSA) is 77.8 Å². The van der Waals surface area contributed by atoms with E-state index >= 15 is 0 Å². The number of ether oxygens (including phenoxy) is 2. The molecular formula is C21H22N2O5S. The number of rotatable bonds is 6. The molecule has 1 atom stereocenters. The Balaban J connectivity index is 1.84. The van der Waals surface area contributed by atoms with Crippen LogP contribution in [0.4, 0.5) is 4.79 Å². The first-order valence-electron chi connectivity index (χ1n) is 9.12. The Hall–Kier alpha value is -3.00. The molecular weight excluding hydrogens is 392 g/mol. The molecule has 0 bridgehead atoms. The minimum absolute atomic E-state index is 0.188. The minimum Gasteiger partial charge on any atom is -0.497 e. The third-order valence-corrected chi connectivity index (χ3v) is 5.40. The summed E-state index contributed by atoms with van der Waals surface area (Å²) in [5.41, 5.74) is 2.71. The first-order chi connectivity index (χ1) is 13.8. The molecule has 2 aromatic rings. The molecule has 1 aliphatic rings. The highest BCUT2D eigenvalue weighted by molar-refractivity contribution is 8.18. The van der Waals surface area contributed by atoms with Crippen LogP contribution in [0.5, 0.6) is 5.75 Å². The molecule has 2 heterocycles. The number of aryl methyl sites for hydroxylation is 1. The predicted molar refractivity (Wildman–Crippen MR) is 111 cm³/mol. The van der Waals surface area contributed by atoms with Crippen LogP contribution in [0.25, 0.3) is 11.8 Å². The molecule has 1 aliphatic heterocycles. The van der Waals surface area contributed by atoms with Gasteiger partial charge in [0.15, 0.2) is 0 Å². The summed E-state index contributed by atoms with van der Waals surface area (Å²) in [6.07, 6.45) is 3.55. The molecule has 0 radical (unpaired) electrons. The largest absolute Gasteiger partial charge is 0.497 e. The Bertz CT molecular complexity index is 977. The zero-order valence-electron chi connectivity index (χ0n) is 16.7. The van der Waals surface area contributed by atoms with E-state index in [9.17, 15) is 14.4 Å². The molecule has 3 rings (SSSR count). The van der Waals surface area contributed by atoms with Crippen molar-refractivity contribution in [3.8, 4) is 11.4 Å². The highest BCUT2D eigenvalue weighted by atomic mass is 32.2. The van der Waals surface area contributed by atoms with Crippen molar-refractivity contribution in [1.82, 2.24) is 9.47 Å². The Morgan fingerprint density at radius 1 is 1.24 bits per heavy atom. The standard InChI is InChI=1S/C21H22N2O5S/c1-5-28-20(25)14(3)23-19(24)18(29-21(23)26)11-15-10-13(2)22(12-15)16-6-8-17(27-4)9-7-16/h6-12,14H,5H2,1-4H3/b18-11-. The lowest BCUT2D eigenvalue weighted by Crippen LogP contribution is -2.42. The Morgan fingerprint density at radius 2 is 1.93 bits per heavy atom. The van der Waals surface area contributed by atoms with Gasteiger partial charge in [0.1, 0.15) is 11.8 Å². The molecule has 0 spiro atoms. The van der Waals surface area contributed by atoms with Gasteiger partial charge in [0.2, 0.25) is 0 Å². The van der Waals surface area contributed by atoms with Crippen molar-refractivity contribution in [2.75, 3.05) is 13.7 Å². The van der Waals surface area contributed by atoms with Crippen molar-refractivity contribution >= 4 is 35.0 Å². The number of benzene rings is 1. The molecule has 152 valence electrons. The summed E-state index contributed by atoms with van der Waals surface area (Å²) in [4.78, 5) is 38.1. The van der Waals surface area contributed by atoms with Crippen LogP contribution >= 0.6 is 11.8 Å². The van der Waals surface area contributed by atoms with Gasteiger partial charge in [-0.3, -0.25) is 14.5 Å². The van der Waals surface area contributed by atoms with Gasteiger partial charge in [-0.05, 0) is 74.5 Å². The number of thioether (sulfide) groups is 1. The number of hydrogen-bond donors (Lipinski definition) is 0. The lowest BCUT2D eigenvalue weighted by Gasteiger charge is -2.19. The highest BCUT2D eigenvalue weighted by Gasteiger charge is 2.41. The van der Waals surface area contributed by atoms with Crippen molar-refractivity contribution in [2.45, 2.75) is 26.8 Å². The summed E-state index contributed by atoms with van der Waals surface area (Å²) in [5.74, 6) is -0.323. The van der Waals surface area contributed by atoms with Crippen LogP contribution in [-0.4, -0.2) is 46.3 Å². The average Bonchev–Trinajstić information content (AvgIpc) is 3.20. The molecule has 8 heteroatoms. The van der Waals surface area contributed by atoms with Crippen LogP contribution in [0, 0.1) is 6.92 Å². The van der Waals surface area contributed by atoms with E-state index in [-0.39, 0.29) is 11.5 Å². The number of hydrogen-bond acceptors (Lipinski definition) is 6. The fourth-order valence-electron chi connectivity index (χ4n) is 3.03. The number of carbonyl (C=O) groups excluding carboxylic acids is 3. The second kappa shape index (κ2) is 8.57. The van der Waals surface area contributed by atoms with Gasteiger partial charge in [-0.15, -0.1) is 0 Å². The Labute approximate surface area is 173 Å². The van der Waals surface area contributed by atoms with Crippen LogP contribution < -0.4 is 4.74 Å². The maximum Gasteiger partial charge on any atom is 0.329 e. The minimum atomic E-state index is -0.959. The van der Waals surface area contributed by atoms with Gasteiger partial charge in [0.25, 0.3) is 11.1 Å². The third-order valence-electron chi connectivity index (χ3n) is 4.52. The number of methoxy groups -OCH3 is 1. The number of amides is 2. The number of aromatic nitrogens is 1. The van der Waals surface area contributed by atoms with E-state index in [2.05, 4.69) is 0 Å². The van der Waals surface area contributed by atoms with Crippen molar-refractivity contribution in [1.29, 1.82) is 0 Å². The van der Waals surface area contributed by atoms with Crippen LogP contribution in [0.1, 0.15) is 25.1 Å². The fourth-order valence-corrected chi connectivity index (χ4v) is 3.94. The summed E-state index contributed by atoms with van der Waals surface area (Å²) >= 11 is 0.821. The Morgan fingerprint density at radius 3 is 2.55 bits per heavy atom. The number of carbonyl (C=O) groups is 3.